The van der Waals surface area contributed by atoms with Gasteiger partial charge in [-0.1, -0.05) is 30.4 Å². The van der Waals surface area contributed by atoms with Crippen LogP contribution in [0.25, 0.3) is 38.1 Å². The number of carboxylic acids is 1. The molecule has 5 rings (SSSR count). The van der Waals surface area contributed by atoms with Gasteiger partial charge in [0, 0.05) is 33.3 Å². The summed E-state index contributed by atoms with van der Waals surface area (Å²) in [5, 5.41) is 12.5. The molecule has 1 N–H and O–H groups in total. The van der Waals surface area contributed by atoms with Gasteiger partial charge in [-0.25, -0.2) is 4.79 Å². The second-order valence-electron chi connectivity index (χ2n) is 7.91. The van der Waals surface area contributed by atoms with Crippen molar-refractivity contribution in [1.29, 1.82) is 0 Å². The molecule has 0 amide bonds. The first-order valence-electron chi connectivity index (χ1n) is 10.0. The highest BCUT2D eigenvalue weighted by molar-refractivity contribution is 6.19. The van der Waals surface area contributed by atoms with E-state index >= 15 is 0 Å². The van der Waals surface area contributed by atoms with Gasteiger partial charge in [0.1, 0.15) is 5.75 Å². The molecule has 5 aromatic rings. The molecule has 6 heteroatoms. The number of nitrogens with zero attached hydrogens (tertiary/aromatic N) is 2. The van der Waals surface area contributed by atoms with Crippen LogP contribution in [0.4, 0.5) is 0 Å². The quantitative estimate of drug-likeness (QED) is 0.338. The van der Waals surface area contributed by atoms with Gasteiger partial charge in [-0.15, -0.1) is 0 Å². The van der Waals surface area contributed by atoms with E-state index in [0.717, 1.165) is 43.8 Å². The van der Waals surface area contributed by atoms with Crippen molar-refractivity contribution in [2.45, 2.75) is 26.4 Å². The molecule has 0 saturated carbocycles. The Morgan fingerprint density at radius 1 is 1.16 bits per heavy atom. The molecule has 0 bridgehead atoms. The van der Waals surface area contributed by atoms with Crippen molar-refractivity contribution in [1.82, 2.24) is 9.38 Å². The zero-order chi connectivity index (χ0) is 21.9. The lowest BCUT2D eigenvalue weighted by molar-refractivity contribution is -0.144. The van der Waals surface area contributed by atoms with Gasteiger partial charge in [-0.05, 0) is 44.5 Å². The molecule has 2 aromatic carbocycles. The van der Waals surface area contributed by atoms with Crippen LogP contribution in [0.3, 0.4) is 0 Å². The average Bonchev–Trinajstić information content (AvgIpc) is 3.09. The third-order valence-electron chi connectivity index (χ3n) is 5.65. The standard InChI is InChI=1S/C25H20N2O4/c1-13(2)12-18-20(31-14(3)25(29)30)9-8-19-21(18)17-10-11-26-22-15-6-4-5-7-16(15)24(28)27(19)23(17)22/h4-11,14H,1,12H2,2-3H3,(H,29,30)/t14-/m0/s1. The summed E-state index contributed by atoms with van der Waals surface area (Å²) in [4.78, 5) is 29.4. The molecule has 3 heterocycles. The van der Waals surface area contributed by atoms with Crippen LogP contribution >= 0.6 is 0 Å². The van der Waals surface area contributed by atoms with Crippen LogP contribution in [0, 0.1) is 0 Å². The number of hydrogen-bond acceptors (Lipinski definition) is 4. The summed E-state index contributed by atoms with van der Waals surface area (Å²) in [5.41, 5.74) is 3.87. The maximum absolute atomic E-state index is 13.5. The smallest absolute Gasteiger partial charge is 0.344 e. The predicted octanol–water partition coefficient (Wildman–Crippen LogP) is 4.56. The van der Waals surface area contributed by atoms with Crippen molar-refractivity contribution in [3.8, 4) is 5.75 Å². The lowest BCUT2D eigenvalue weighted by Gasteiger charge is -2.16. The van der Waals surface area contributed by atoms with E-state index in [1.165, 1.54) is 6.92 Å². The SMILES string of the molecule is C=C(C)Cc1c(O[C@@H](C)C(=O)O)ccc2c1c1ccnc3c4ccccc4c(=O)n2c13. The summed E-state index contributed by atoms with van der Waals surface area (Å²) < 4.78 is 7.50. The fourth-order valence-electron chi connectivity index (χ4n) is 4.34. The van der Waals surface area contributed by atoms with Crippen LogP contribution in [-0.4, -0.2) is 26.6 Å². The zero-order valence-corrected chi connectivity index (χ0v) is 17.2. The van der Waals surface area contributed by atoms with Gasteiger partial charge in [0.2, 0.25) is 0 Å². The number of carbonyl (C=O) groups is 1. The highest BCUT2D eigenvalue weighted by Gasteiger charge is 2.23. The summed E-state index contributed by atoms with van der Waals surface area (Å²) in [6.45, 7) is 7.45. The molecule has 154 valence electrons. The molecular weight excluding hydrogens is 392 g/mol. The van der Waals surface area contributed by atoms with Gasteiger partial charge in [-0.2, -0.15) is 0 Å². The normalized spacial score (nSPS) is 12.7. The maximum Gasteiger partial charge on any atom is 0.344 e. The fourth-order valence-corrected chi connectivity index (χ4v) is 4.34. The van der Waals surface area contributed by atoms with Crippen molar-refractivity contribution in [3.05, 3.63) is 76.7 Å². The summed E-state index contributed by atoms with van der Waals surface area (Å²) in [6, 6.07) is 12.9. The maximum atomic E-state index is 13.5. The van der Waals surface area contributed by atoms with E-state index in [-0.39, 0.29) is 5.56 Å². The number of pyridine rings is 2. The Kier molecular flexibility index (Phi) is 4.18. The second-order valence-corrected chi connectivity index (χ2v) is 7.91. The molecule has 6 nitrogen and oxygen atoms in total. The molecule has 0 aliphatic rings. The van der Waals surface area contributed by atoms with Crippen molar-refractivity contribution < 1.29 is 14.6 Å². The number of fused-ring (bicyclic) bond motifs is 5. The lowest BCUT2D eigenvalue weighted by Crippen LogP contribution is -2.23. The molecule has 0 aliphatic heterocycles. The minimum atomic E-state index is -1.04. The molecule has 0 spiro atoms. The van der Waals surface area contributed by atoms with Crippen molar-refractivity contribution >= 4 is 44.1 Å². The Bertz CT molecular complexity index is 1580. The number of benzene rings is 2. The number of rotatable bonds is 5. The molecule has 0 fully saturated rings. The van der Waals surface area contributed by atoms with Crippen LogP contribution in [0.1, 0.15) is 19.4 Å². The van der Waals surface area contributed by atoms with Crippen LogP contribution in [0.2, 0.25) is 0 Å². The van der Waals surface area contributed by atoms with Crippen LogP contribution < -0.4 is 10.3 Å². The number of hydrogen-bond donors (Lipinski definition) is 1. The van der Waals surface area contributed by atoms with Crippen molar-refractivity contribution in [3.63, 3.8) is 0 Å². The minimum Gasteiger partial charge on any atom is -0.479 e. The van der Waals surface area contributed by atoms with Gasteiger partial charge < -0.3 is 9.84 Å². The van der Waals surface area contributed by atoms with E-state index in [1.807, 2.05) is 43.3 Å². The summed E-state index contributed by atoms with van der Waals surface area (Å²) >= 11 is 0. The predicted molar refractivity (Wildman–Crippen MR) is 121 cm³/mol. The molecule has 0 aliphatic carbocycles. The van der Waals surface area contributed by atoms with E-state index in [9.17, 15) is 14.7 Å². The Balaban J connectivity index is 1.98. The first-order valence-corrected chi connectivity index (χ1v) is 10.0. The first kappa shape index (κ1) is 19.1. The molecule has 0 unspecified atom stereocenters. The monoisotopic (exact) mass is 412 g/mol. The summed E-state index contributed by atoms with van der Waals surface area (Å²) in [5.74, 6) is -0.564. The number of allylic oxidation sites excluding steroid dienone is 1. The average molecular weight is 412 g/mol. The van der Waals surface area contributed by atoms with Crippen LogP contribution in [0.5, 0.6) is 5.75 Å². The van der Waals surface area contributed by atoms with Gasteiger partial charge in [0.05, 0.1) is 16.6 Å². The summed E-state index contributed by atoms with van der Waals surface area (Å²) in [6.07, 6.45) is 1.23. The molecule has 1 atom stereocenters. The Labute approximate surface area is 177 Å². The van der Waals surface area contributed by atoms with E-state index < -0.39 is 12.1 Å². The number of aromatic nitrogens is 2. The molecule has 0 radical (unpaired) electrons. The van der Waals surface area contributed by atoms with E-state index in [4.69, 9.17) is 4.74 Å². The Morgan fingerprint density at radius 3 is 2.61 bits per heavy atom. The van der Waals surface area contributed by atoms with Crippen molar-refractivity contribution in [2.24, 2.45) is 0 Å². The van der Waals surface area contributed by atoms with E-state index in [2.05, 4.69) is 11.6 Å². The van der Waals surface area contributed by atoms with Crippen LogP contribution in [-0.2, 0) is 11.2 Å². The first-order chi connectivity index (χ1) is 14.9. The Morgan fingerprint density at radius 2 is 1.90 bits per heavy atom. The number of aliphatic carboxylic acids is 1. The van der Waals surface area contributed by atoms with Gasteiger partial charge >= 0.3 is 5.97 Å². The highest BCUT2D eigenvalue weighted by Crippen LogP contribution is 2.39. The zero-order valence-electron chi connectivity index (χ0n) is 17.2. The van der Waals surface area contributed by atoms with Crippen LogP contribution in [0.15, 0.2) is 65.6 Å². The van der Waals surface area contributed by atoms with Gasteiger partial charge in [0.15, 0.2) is 6.10 Å². The highest BCUT2D eigenvalue weighted by atomic mass is 16.5. The Hall–Kier alpha value is -3.93. The van der Waals surface area contributed by atoms with E-state index in [1.54, 1.807) is 16.7 Å². The third-order valence-corrected chi connectivity index (χ3v) is 5.65. The summed E-state index contributed by atoms with van der Waals surface area (Å²) in [7, 11) is 0. The van der Waals surface area contributed by atoms with Crippen molar-refractivity contribution in [2.75, 3.05) is 0 Å². The van der Waals surface area contributed by atoms with Gasteiger partial charge in [0.25, 0.3) is 5.56 Å². The second kappa shape index (κ2) is 6.80. The topological polar surface area (TPSA) is 80.9 Å². The number of ether oxygens (including phenoxy) is 1. The minimum absolute atomic E-state index is 0.107. The molecule has 3 aromatic heterocycles. The van der Waals surface area contributed by atoms with E-state index in [0.29, 0.717) is 17.6 Å². The lowest BCUT2D eigenvalue weighted by atomic mass is 9.99. The number of carboxylic acid groups (broad SMARTS) is 1. The molecule has 0 saturated heterocycles. The molecular formula is C25H20N2O4. The largest absolute Gasteiger partial charge is 0.479 e. The fraction of sp³-hybridized carbons (Fsp3) is 0.160. The molecule has 31 heavy (non-hydrogen) atoms. The van der Waals surface area contributed by atoms with Gasteiger partial charge in [-0.3, -0.25) is 14.2 Å². The third kappa shape index (κ3) is 2.75.